The lowest BCUT2D eigenvalue weighted by Gasteiger charge is -2.12. The normalized spacial score (nSPS) is 11.5. The number of sulfonamides is 1. The van der Waals surface area contributed by atoms with Gasteiger partial charge in [0.05, 0.1) is 5.75 Å². The van der Waals surface area contributed by atoms with Gasteiger partial charge in [0.2, 0.25) is 10.0 Å². The van der Waals surface area contributed by atoms with E-state index in [0.717, 1.165) is 17.7 Å². The summed E-state index contributed by atoms with van der Waals surface area (Å²) in [7, 11) is -1.70. The zero-order valence-corrected chi connectivity index (χ0v) is 18.4. The van der Waals surface area contributed by atoms with Gasteiger partial charge in [-0.2, -0.15) is 0 Å². The molecule has 1 heterocycles. The molecule has 1 aromatic heterocycles. The number of aromatic nitrogens is 1. The quantitative estimate of drug-likeness (QED) is 0.274. The summed E-state index contributed by atoms with van der Waals surface area (Å²) in [5.41, 5.74) is 1.92. The van der Waals surface area contributed by atoms with Gasteiger partial charge < -0.3 is 10.6 Å². The van der Waals surface area contributed by atoms with Crippen LogP contribution in [0.4, 0.5) is 0 Å². The molecule has 3 N–H and O–H groups in total. The molecule has 0 aliphatic heterocycles. The third-order valence-electron chi connectivity index (χ3n) is 3.63. The summed E-state index contributed by atoms with van der Waals surface area (Å²) in [6, 6.07) is 15.2. The van der Waals surface area contributed by atoms with Crippen molar-refractivity contribution in [2.75, 3.05) is 25.9 Å². The van der Waals surface area contributed by atoms with Crippen molar-refractivity contribution in [2.45, 2.75) is 13.0 Å². The van der Waals surface area contributed by atoms with Gasteiger partial charge in [0, 0.05) is 45.0 Å². The molecule has 0 spiro atoms. The van der Waals surface area contributed by atoms with E-state index in [0.29, 0.717) is 19.0 Å². The molecule has 0 unspecified atom stereocenters. The zero-order valence-electron chi connectivity index (χ0n) is 15.3. The minimum Gasteiger partial charge on any atom is -0.356 e. The Morgan fingerprint density at radius 1 is 1.04 bits per heavy atom. The van der Waals surface area contributed by atoms with Gasteiger partial charge in [0.25, 0.3) is 0 Å². The number of aliphatic imine (C=N–C) groups is 1. The predicted octanol–water partition coefficient (Wildman–Crippen LogP) is 1.53. The van der Waals surface area contributed by atoms with E-state index in [2.05, 4.69) is 25.3 Å². The molecule has 9 heteroatoms. The summed E-state index contributed by atoms with van der Waals surface area (Å²) in [6.45, 7) is 1.23. The first-order valence-corrected chi connectivity index (χ1v) is 10.1. The van der Waals surface area contributed by atoms with Gasteiger partial charge >= 0.3 is 0 Å². The fraction of sp³-hybridized carbons (Fsp3) is 0.333. The van der Waals surface area contributed by atoms with Crippen LogP contribution in [0.5, 0.6) is 0 Å². The number of guanidine groups is 1. The maximum Gasteiger partial charge on any atom is 0.213 e. The Kier molecular flexibility index (Phi) is 10.9. The summed E-state index contributed by atoms with van der Waals surface area (Å²) < 4.78 is 26.7. The first-order chi connectivity index (χ1) is 12.6. The van der Waals surface area contributed by atoms with E-state index in [1.807, 2.05) is 48.5 Å². The first kappa shape index (κ1) is 23.3. The van der Waals surface area contributed by atoms with Crippen molar-refractivity contribution >= 4 is 40.0 Å². The van der Waals surface area contributed by atoms with Crippen molar-refractivity contribution in [3.05, 3.63) is 66.0 Å². The van der Waals surface area contributed by atoms with Crippen molar-refractivity contribution < 1.29 is 8.42 Å². The van der Waals surface area contributed by atoms with E-state index in [1.165, 1.54) is 0 Å². The van der Waals surface area contributed by atoms with Crippen molar-refractivity contribution in [1.29, 1.82) is 0 Å². The molecule has 0 bridgehead atoms. The number of nitrogens with one attached hydrogen (secondary N) is 3. The van der Waals surface area contributed by atoms with Crippen LogP contribution < -0.4 is 15.4 Å². The molecule has 0 amide bonds. The Morgan fingerprint density at radius 3 is 2.41 bits per heavy atom. The third-order valence-corrected chi connectivity index (χ3v) is 4.95. The van der Waals surface area contributed by atoms with Crippen LogP contribution in [0.25, 0.3) is 0 Å². The first-order valence-electron chi connectivity index (χ1n) is 8.45. The lowest BCUT2D eigenvalue weighted by Crippen LogP contribution is -2.41. The van der Waals surface area contributed by atoms with Crippen molar-refractivity contribution in [2.24, 2.45) is 4.99 Å². The van der Waals surface area contributed by atoms with Crippen LogP contribution in [-0.2, 0) is 23.0 Å². The number of halogens is 1. The van der Waals surface area contributed by atoms with Gasteiger partial charge in [-0.25, -0.2) is 13.1 Å². The highest BCUT2D eigenvalue weighted by atomic mass is 127. The van der Waals surface area contributed by atoms with E-state index in [-0.39, 0.29) is 36.3 Å². The zero-order chi connectivity index (χ0) is 18.7. The fourth-order valence-corrected chi connectivity index (χ4v) is 3.14. The lowest BCUT2D eigenvalue weighted by molar-refractivity contribution is 0.580. The van der Waals surface area contributed by atoms with Crippen LogP contribution in [0.2, 0.25) is 0 Å². The molecule has 0 fully saturated rings. The summed E-state index contributed by atoms with van der Waals surface area (Å²) in [5.74, 6) is 0.542. The van der Waals surface area contributed by atoms with E-state index in [1.54, 1.807) is 13.2 Å². The molecule has 2 aromatic rings. The van der Waals surface area contributed by atoms with Gasteiger partial charge in [-0.15, -0.1) is 24.0 Å². The Labute approximate surface area is 178 Å². The number of benzene rings is 1. The summed E-state index contributed by atoms with van der Waals surface area (Å²) in [6.07, 6.45) is 2.52. The Balaban J connectivity index is 0.00000364. The molecule has 1 aromatic carbocycles. The lowest BCUT2D eigenvalue weighted by atomic mass is 10.2. The number of nitrogens with zero attached hydrogens (tertiary/aromatic N) is 2. The van der Waals surface area contributed by atoms with E-state index in [4.69, 9.17) is 0 Å². The molecule has 0 saturated carbocycles. The monoisotopic (exact) mass is 503 g/mol. The maximum absolute atomic E-state index is 12.1. The van der Waals surface area contributed by atoms with E-state index < -0.39 is 10.0 Å². The van der Waals surface area contributed by atoms with Gasteiger partial charge in [0.1, 0.15) is 0 Å². The number of rotatable bonds is 9. The third kappa shape index (κ3) is 9.68. The van der Waals surface area contributed by atoms with Crippen molar-refractivity contribution in [3.63, 3.8) is 0 Å². The second kappa shape index (κ2) is 12.6. The Hall–Kier alpha value is -1.72. The molecule has 0 saturated heterocycles. The second-order valence-corrected chi connectivity index (χ2v) is 7.55. The van der Waals surface area contributed by atoms with Crippen LogP contribution in [0.3, 0.4) is 0 Å². The molecule has 0 atom stereocenters. The number of pyridine rings is 1. The SMILES string of the molecule is CN=C(NCCc1ccccn1)NCCS(=O)(=O)NCc1ccccc1.I. The summed E-state index contributed by atoms with van der Waals surface area (Å²) in [4.78, 5) is 8.34. The fourth-order valence-electron chi connectivity index (χ4n) is 2.24. The van der Waals surface area contributed by atoms with Crippen LogP contribution in [-0.4, -0.2) is 45.3 Å². The molecule has 0 aliphatic rings. The highest BCUT2D eigenvalue weighted by Crippen LogP contribution is 1.98. The average Bonchev–Trinajstić information content (AvgIpc) is 2.67. The second-order valence-electron chi connectivity index (χ2n) is 5.62. The van der Waals surface area contributed by atoms with E-state index in [9.17, 15) is 8.42 Å². The van der Waals surface area contributed by atoms with Crippen molar-refractivity contribution in [1.82, 2.24) is 20.3 Å². The van der Waals surface area contributed by atoms with Gasteiger partial charge in [-0.1, -0.05) is 36.4 Å². The minimum absolute atomic E-state index is 0. The van der Waals surface area contributed by atoms with Crippen LogP contribution in [0.1, 0.15) is 11.3 Å². The van der Waals surface area contributed by atoms with Crippen molar-refractivity contribution in [3.8, 4) is 0 Å². The molecule has 148 valence electrons. The summed E-state index contributed by atoms with van der Waals surface area (Å²) >= 11 is 0. The highest BCUT2D eigenvalue weighted by molar-refractivity contribution is 14.0. The summed E-state index contributed by atoms with van der Waals surface area (Å²) in [5, 5.41) is 6.15. The largest absolute Gasteiger partial charge is 0.356 e. The molecule has 0 radical (unpaired) electrons. The highest BCUT2D eigenvalue weighted by Gasteiger charge is 2.10. The van der Waals surface area contributed by atoms with Gasteiger partial charge in [-0.3, -0.25) is 9.98 Å². The van der Waals surface area contributed by atoms with Crippen LogP contribution in [0.15, 0.2) is 59.7 Å². The molecule has 27 heavy (non-hydrogen) atoms. The smallest absolute Gasteiger partial charge is 0.213 e. The molecule has 7 nitrogen and oxygen atoms in total. The predicted molar refractivity (Wildman–Crippen MR) is 120 cm³/mol. The molecule has 2 rings (SSSR count). The van der Waals surface area contributed by atoms with Gasteiger partial charge in [-0.05, 0) is 17.7 Å². The minimum atomic E-state index is -3.35. The average molecular weight is 503 g/mol. The molecule has 0 aliphatic carbocycles. The standard InChI is InChI=1S/C18H25N5O2S.HI/c1-19-18(21-12-10-17-9-5-6-11-20-17)22-13-14-26(24,25)23-15-16-7-3-2-4-8-16;/h2-9,11,23H,10,12-15H2,1H3,(H2,19,21,22);1H. The van der Waals surface area contributed by atoms with E-state index >= 15 is 0 Å². The maximum atomic E-state index is 12.1. The van der Waals surface area contributed by atoms with Gasteiger partial charge in [0.15, 0.2) is 5.96 Å². The van der Waals surface area contributed by atoms with Crippen LogP contribution >= 0.6 is 24.0 Å². The topological polar surface area (TPSA) is 95.5 Å². The Bertz CT molecular complexity index is 786. The molecular formula is C18H26IN5O2S. The van der Waals surface area contributed by atoms with Crippen LogP contribution in [0, 0.1) is 0 Å². The number of hydrogen-bond donors (Lipinski definition) is 3. The Morgan fingerprint density at radius 2 is 1.74 bits per heavy atom. The number of hydrogen-bond acceptors (Lipinski definition) is 4. The molecular weight excluding hydrogens is 477 g/mol.